The molecule has 0 aromatic rings. The Labute approximate surface area is 339 Å². The normalized spacial score (nSPS) is 14.2. The van der Waals surface area contributed by atoms with Crippen LogP contribution in [0.25, 0.3) is 0 Å². The first-order valence-electron chi connectivity index (χ1n) is 22.4. The lowest BCUT2D eigenvalue weighted by atomic mass is 10.1. The second-order valence-corrected chi connectivity index (χ2v) is 17.5. The molecule has 0 aromatic carbocycles. The highest BCUT2D eigenvalue weighted by molar-refractivity contribution is 7.45. The summed E-state index contributed by atoms with van der Waals surface area (Å²) in [5.41, 5.74) is 0. The molecule has 0 bridgehead atoms. The molecule has 2 atom stereocenters. The van der Waals surface area contributed by atoms with Crippen molar-refractivity contribution in [3.63, 3.8) is 0 Å². The maximum absolute atomic E-state index is 12.7. The van der Waals surface area contributed by atoms with Crippen LogP contribution < -0.4 is 4.89 Å². The summed E-state index contributed by atoms with van der Waals surface area (Å²) in [5, 5.41) is 0. The summed E-state index contributed by atoms with van der Waals surface area (Å²) in [5.74, 6) is -0.351. The molecule has 9 heteroatoms. The second kappa shape index (κ2) is 39.3. The Kier molecular flexibility index (Phi) is 38.2. The van der Waals surface area contributed by atoms with E-state index in [9.17, 15) is 14.3 Å². The van der Waals surface area contributed by atoms with Crippen molar-refractivity contribution in [1.82, 2.24) is 0 Å². The van der Waals surface area contributed by atoms with Crippen LogP contribution in [-0.4, -0.2) is 70.7 Å². The van der Waals surface area contributed by atoms with Crippen molar-refractivity contribution in [2.45, 2.75) is 187 Å². The first-order valence-corrected chi connectivity index (χ1v) is 23.8. The predicted octanol–water partition coefficient (Wildman–Crippen LogP) is 12.5. The van der Waals surface area contributed by atoms with E-state index in [0.29, 0.717) is 24.1 Å². The molecule has 0 aliphatic heterocycles. The molecule has 0 spiro atoms. The molecule has 0 aliphatic rings. The second-order valence-electron chi connectivity index (χ2n) is 16.0. The van der Waals surface area contributed by atoms with Crippen molar-refractivity contribution in [3.8, 4) is 0 Å². The molecule has 0 aliphatic carbocycles. The largest absolute Gasteiger partial charge is 0.756 e. The predicted molar refractivity (Wildman–Crippen MR) is 231 cm³/mol. The number of likely N-dealkylation sites (N-methyl/N-ethyl adjacent to an activating group) is 1. The smallest absolute Gasteiger partial charge is 0.306 e. The van der Waals surface area contributed by atoms with E-state index in [1.807, 2.05) is 21.1 Å². The molecular weight excluding hydrogens is 709 g/mol. The highest BCUT2D eigenvalue weighted by Crippen LogP contribution is 2.38. The molecule has 0 N–H and O–H groups in total. The third kappa shape index (κ3) is 43.4. The zero-order valence-corrected chi connectivity index (χ0v) is 37.3. The molecule has 0 aromatic heterocycles. The summed E-state index contributed by atoms with van der Waals surface area (Å²) < 4.78 is 34.6. The highest BCUT2D eigenvalue weighted by atomic mass is 31.2. The lowest BCUT2D eigenvalue weighted by molar-refractivity contribution is -0.870. The minimum atomic E-state index is -4.53. The molecule has 0 radical (unpaired) electrons. The Bertz CT molecular complexity index is 1020. The number of hydrogen-bond donors (Lipinski definition) is 0. The summed E-state index contributed by atoms with van der Waals surface area (Å²) in [6, 6.07) is 0. The minimum Gasteiger partial charge on any atom is -0.756 e. The van der Waals surface area contributed by atoms with Gasteiger partial charge in [0.2, 0.25) is 0 Å². The number of quaternary nitrogens is 1. The van der Waals surface area contributed by atoms with Gasteiger partial charge in [0.15, 0.2) is 0 Å². The van der Waals surface area contributed by atoms with E-state index in [1.165, 1.54) is 96.3 Å². The third-order valence-corrected chi connectivity index (χ3v) is 10.3. The number of allylic oxidation sites excluding steroid dienone is 8. The molecule has 8 nitrogen and oxygen atoms in total. The van der Waals surface area contributed by atoms with Crippen molar-refractivity contribution in [1.29, 1.82) is 0 Å². The summed E-state index contributed by atoms with van der Waals surface area (Å²) in [7, 11) is 1.34. The topological polar surface area (TPSA) is 94.1 Å². The summed E-state index contributed by atoms with van der Waals surface area (Å²) >= 11 is 0. The number of phosphoric acid groups is 1. The van der Waals surface area contributed by atoms with Crippen LogP contribution in [0.15, 0.2) is 48.6 Å². The van der Waals surface area contributed by atoms with Gasteiger partial charge in [0.25, 0.3) is 7.82 Å². The third-order valence-electron chi connectivity index (χ3n) is 9.35. The molecule has 0 saturated heterocycles. The Morgan fingerprint density at radius 1 is 0.564 bits per heavy atom. The number of nitrogens with zero attached hydrogens (tertiary/aromatic N) is 1. The standard InChI is InChI=1S/C46H86NO7P/c1-6-8-10-12-14-16-18-20-22-23-24-26-28-30-32-34-36-38-41-51-43-45(44-53-55(49,50)52-42-40-47(3,4)5)54-46(48)39-37-35-33-31-29-27-25-21-19-17-15-13-11-9-7-2/h14-17,20-22,25,45H,6-13,18-19,23-24,26-44H2,1-5H3/b16-14-,17-15-,22-20-,25-21-. The average Bonchev–Trinajstić information content (AvgIpc) is 3.13. The van der Waals surface area contributed by atoms with Crippen LogP contribution in [0.5, 0.6) is 0 Å². The Hall–Kier alpha value is -1.54. The maximum Gasteiger partial charge on any atom is 0.306 e. The molecular formula is C46H86NO7P. The van der Waals surface area contributed by atoms with Crippen LogP contribution >= 0.6 is 7.82 Å². The van der Waals surface area contributed by atoms with Gasteiger partial charge in [-0.15, -0.1) is 0 Å². The van der Waals surface area contributed by atoms with Gasteiger partial charge in [-0.2, -0.15) is 0 Å². The number of carbonyl (C=O) groups is 1. The summed E-state index contributed by atoms with van der Waals surface area (Å²) in [4.78, 5) is 25.0. The molecule has 0 heterocycles. The van der Waals surface area contributed by atoms with Crippen LogP contribution in [0.1, 0.15) is 181 Å². The van der Waals surface area contributed by atoms with Gasteiger partial charge in [0.05, 0.1) is 34.4 Å². The van der Waals surface area contributed by atoms with Crippen molar-refractivity contribution in [2.24, 2.45) is 0 Å². The zero-order valence-electron chi connectivity index (χ0n) is 36.4. The zero-order chi connectivity index (χ0) is 40.6. The number of unbranched alkanes of at least 4 members (excludes halogenated alkanes) is 19. The fraction of sp³-hybridized carbons (Fsp3) is 0.804. The number of esters is 1. The monoisotopic (exact) mass is 796 g/mol. The average molecular weight is 796 g/mol. The first kappa shape index (κ1) is 53.5. The minimum absolute atomic E-state index is 0.0206. The van der Waals surface area contributed by atoms with Crippen LogP contribution in [0.2, 0.25) is 0 Å². The van der Waals surface area contributed by atoms with E-state index in [0.717, 1.165) is 64.2 Å². The van der Waals surface area contributed by atoms with Crippen LogP contribution in [-0.2, 0) is 27.9 Å². The molecule has 0 fully saturated rings. The van der Waals surface area contributed by atoms with E-state index in [1.54, 1.807) is 0 Å². The van der Waals surface area contributed by atoms with Gasteiger partial charge >= 0.3 is 5.97 Å². The van der Waals surface area contributed by atoms with E-state index in [-0.39, 0.29) is 25.8 Å². The van der Waals surface area contributed by atoms with E-state index >= 15 is 0 Å². The SMILES string of the molecule is CCCCC/C=C\C/C=C\CCCCCCCCCCOCC(COP(=O)([O-])OCC[N+](C)(C)C)OC(=O)CCCCCCC/C=C\C/C=C\CCCCC. The van der Waals surface area contributed by atoms with Crippen molar-refractivity contribution >= 4 is 13.8 Å². The Morgan fingerprint density at radius 3 is 1.47 bits per heavy atom. The van der Waals surface area contributed by atoms with Gasteiger partial charge in [-0.3, -0.25) is 9.36 Å². The first-order chi connectivity index (χ1) is 26.6. The van der Waals surface area contributed by atoms with Crippen LogP contribution in [0.4, 0.5) is 0 Å². The van der Waals surface area contributed by atoms with Gasteiger partial charge in [0.1, 0.15) is 19.3 Å². The Balaban J connectivity index is 4.26. The lowest BCUT2D eigenvalue weighted by Crippen LogP contribution is -2.37. The number of phosphoric ester groups is 1. The van der Waals surface area contributed by atoms with Crippen LogP contribution in [0, 0.1) is 0 Å². The van der Waals surface area contributed by atoms with Crippen LogP contribution in [0.3, 0.4) is 0 Å². The van der Waals surface area contributed by atoms with Gasteiger partial charge in [-0.05, 0) is 77.0 Å². The summed E-state index contributed by atoms with van der Waals surface area (Å²) in [6.45, 7) is 5.33. The Morgan fingerprint density at radius 2 is 1.00 bits per heavy atom. The van der Waals surface area contributed by atoms with E-state index in [2.05, 4.69) is 62.5 Å². The number of hydrogen-bond acceptors (Lipinski definition) is 7. The fourth-order valence-corrected chi connectivity index (χ4v) is 6.57. The molecule has 0 amide bonds. The molecule has 55 heavy (non-hydrogen) atoms. The molecule has 2 unspecified atom stereocenters. The van der Waals surface area contributed by atoms with Gasteiger partial charge in [-0.25, -0.2) is 0 Å². The number of carbonyl (C=O) groups excluding carboxylic acids is 1. The summed E-state index contributed by atoms with van der Waals surface area (Å²) in [6.07, 6.45) is 46.9. The van der Waals surface area contributed by atoms with Crippen molar-refractivity contribution < 1.29 is 37.3 Å². The number of ether oxygens (including phenoxy) is 2. The quantitative estimate of drug-likeness (QED) is 0.0200. The number of rotatable bonds is 41. The fourth-order valence-electron chi connectivity index (χ4n) is 5.84. The van der Waals surface area contributed by atoms with Gasteiger partial charge in [-0.1, -0.05) is 146 Å². The van der Waals surface area contributed by atoms with E-state index in [4.69, 9.17) is 18.5 Å². The maximum atomic E-state index is 12.7. The highest BCUT2D eigenvalue weighted by Gasteiger charge is 2.20. The molecule has 0 rings (SSSR count). The van der Waals surface area contributed by atoms with Crippen molar-refractivity contribution in [3.05, 3.63) is 48.6 Å². The van der Waals surface area contributed by atoms with Gasteiger partial charge in [0, 0.05) is 13.0 Å². The molecule has 0 saturated carbocycles. The van der Waals surface area contributed by atoms with Crippen molar-refractivity contribution in [2.75, 3.05) is 54.1 Å². The lowest BCUT2D eigenvalue weighted by Gasteiger charge is -2.28. The van der Waals surface area contributed by atoms with Gasteiger partial charge < -0.3 is 27.9 Å². The molecule has 322 valence electrons. The van der Waals surface area contributed by atoms with E-state index < -0.39 is 13.9 Å².